The van der Waals surface area contributed by atoms with Gasteiger partial charge in [-0.2, -0.15) is 0 Å². The molecule has 1 heterocycles. The van der Waals surface area contributed by atoms with Crippen molar-refractivity contribution in [3.05, 3.63) is 0 Å². The normalized spacial score (nSPS) is 35.4. The molecule has 1 saturated carbocycles. The van der Waals surface area contributed by atoms with E-state index in [2.05, 4.69) is 39.0 Å². The second-order valence-corrected chi connectivity index (χ2v) is 8.35. The van der Waals surface area contributed by atoms with E-state index >= 15 is 0 Å². The van der Waals surface area contributed by atoms with Gasteiger partial charge in [-0.05, 0) is 11.3 Å². The summed E-state index contributed by atoms with van der Waals surface area (Å²) in [5, 5.41) is 0. The number of piperidine rings is 1. The first-order chi connectivity index (χ1) is 8.39. The van der Waals surface area contributed by atoms with Crippen molar-refractivity contribution in [2.24, 2.45) is 17.3 Å². The molecule has 2 aliphatic rings. The predicted molar refractivity (Wildman–Crippen MR) is 73.1 cm³/mol. The average molecular weight is 293 g/mol. The zero-order chi connectivity index (χ0) is 15.1. The highest BCUT2D eigenvalue weighted by Gasteiger charge is 2.53. The van der Waals surface area contributed by atoms with Gasteiger partial charge in [0.1, 0.15) is 0 Å². The topological polar surface area (TPSA) is 66.4 Å². The van der Waals surface area contributed by atoms with Crippen LogP contribution in [0, 0.1) is 17.3 Å². The minimum absolute atomic E-state index is 0.607. The van der Waals surface area contributed by atoms with Gasteiger partial charge < -0.3 is 9.04 Å². The predicted octanol–water partition coefficient (Wildman–Crippen LogP) is 1.61. The molecule has 0 aromatic heterocycles. The summed E-state index contributed by atoms with van der Waals surface area (Å²) < 4.78 is 32.3. The van der Waals surface area contributed by atoms with E-state index in [-0.39, 0.29) is 0 Å². The maximum Gasteiger partial charge on any atom is 0.217 e. The van der Waals surface area contributed by atoms with E-state index in [9.17, 15) is 13.0 Å². The smallest absolute Gasteiger partial charge is 0.217 e. The van der Waals surface area contributed by atoms with Crippen LogP contribution in [-0.4, -0.2) is 51.2 Å². The Morgan fingerprint density at radius 1 is 1.32 bits per heavy atom. The van der Waals surface area contributed by atoms with Crippen LogP contribution in [0.4, 0.5) is 0 Å². The van der Waals surface area contributed by atoms with E-state index in [0.717, 1.165) is 25.0 Å². The van der Waals surface area contributed by atoms with Gasteiger partial charge in [0.15, 0.2) is 0 Å². The molecule has 0 aromatic rings. The van der Waals surface area contributed by atoms with Crippen molar-refractivity contribution in [3.63, 3.8) is 0 Å². The second-order valence-electron chi connectivity index (χ2n) is 7.20. The first-order valence-electron chi connectivity index (χ1n) is 6.73. The van der Waals surface area contributed by atoms with E-state index in [1.54, 1.807) is 0 Å². The van der Waals surface area contributed by atoms with Gasteiger partial charge >= 0.3 is 0 Å². The van der Waals surface area contributed by atoms with E-state index in [1.807, 2.05) is 0 Å². The lowest BCUT2D eigenvalue weighted by atomic mass is 9.75. The van der Waals surface area contributed by atoms with Crippen molar-refractivity contribution in [1.82, 2.24) is 0 Å². The molecule has 5 nitrogen and oxygen atoms in total. The molecule has 1 saturated heterocycles. The van der Waals surface area contributed by atoms with Crippen LogP contribution in [0.1, 0.15) is 33.6 Å². The van der Waals surface area contributed by atoms with Crippen LogP contribution in [0.5, 0.6) is 0 Å². The number of hydrogen-bond donors (Lipinski definition) is 0. The highest BCUT2D eigenvalue weighted by molar-refractivity contribution is 7.80. The van der Waals surface area contributed by atoms with E-state index in [1.165, 1.54) is 23.9 Å². The van der Waals surface area contributed by atoms with Crippen LogP contribution < -0.4 is 0 Å². The lowest BCUT2D eigenvalue weighted by Crippen LogP contribution is -2.53. The SMILES string of the molecule is CC1C[N+](C)(C)C2CC1C(C)(C)C2.COS(=O)(=O)[O-]. The number of fused-ring (bicyclic) bond motifs is 2. The van der Waals surface area contributed by atoms with Crippen LogP contribution in [0.2, 0.25) is 0 Å². The molecular formula is C13H27NO4S. The Bertz CT molecular complexity index is 414. The van der Waals surface area contributed by atoms with Crippen molar-refractivity contribution in [2.75, 3.05) is 27.7 Å². The van der Waals surface area contributed by atoms with Crippen LogP contribution >= 0.6 is 0 Å². The highest BCUT2D eigenvalue weighted by atomic mass is 32.3. The summed E-state index contributed by atoms with van der Waals surface area (Å²) in [6.07, 6.45) is 2.91. The third kappa shape index (κ3) is 4.15. The Hall–Kier alpha value is -0.170. The highest BCUT2D eigenvalue weighted by Crippen LogP contribution is 2.52. The first kappa shape index (κ1) is 16.9. The Morgan fingerprint density at radius 3 is 2.21 bits per heavy atom. The van der Waals surface area contributed by atoms with Gasteiger partial charge in [-0.3, -0.25) is 4.18 Å². The van der Waals surface area contributed by atoms with Crippen LogP contribution in [0.15, 0.2) is 0 Å². The maximum atomic E-state index is 9.22. The summed E-state index contributed by atoms with van der Waals surface area (Å²) in [6.45, 7) is 8.78. The minimum Gasteiger partial charge on any atom is -0.726 e. The molecule has 0 spiro atoms. The number of likely N-dealkylation sites (tertiary alicyclic amines) is 1. The van der Waals surface area contributed by atoms with Crippen LogP contribution in [-0.2, 0) is 14.6 Å². The van der Waals surface area contributed by atoms with Crippen molar-refractivity contribution in [1.29, 1.82) is 0 Å². The van der Waals surface area contributed by atoms with Gasteiger partial charge in [-0.25, -0.2) is 8.42 Å². The van der Waals surface area contributed by atoms with Gasteiger partial charge in [0, 0.05) is 18.8 Å². The third-order valence-corrected chi connectivity index (χ3v) is 5.34. The van der Waals surface area contributed by atoms with E-state index in [0.29, 0.717) is 5.41 Å². The summed E-state index contributed by atoms with van der Waals surface area (Å²) in [6, 6.07) is 0.941. The molecule has 0 amide bonds. The van der Waals surface area contributed by atoms with Crippen molar-refractivity contribution >= 4 is 10.4 Å². The molecule has 0 aromatic carbocycles. The standard InChI is InChI=1S/C12H24N.CH4O4S/c1-9-8-13(4,5)10-6-11(9)12(2,3)7-10;1-5-6(2,3)4/h9-11H,6-8H2,1-5H3;1H3,(H,2,3,4)/q+1;/p-1. The fourth-order valence-electron chi connectivity index (χ4n) is 4.01. The quantitative estimate of drug-likeness (QED) is 0.418. The average Bonchev–Trinajstić information content (AvgIpc) is 2.50. The Morgan fingerprint density at radius 2 is 1.79 bits per heavy atom. The molecule has 114 valence electrons. The minimum atomic E-state index is -4.41. The number of quaternary nitrogens is 1. The van der Waals surface area contributed by atoms with E-state index < -0.39 is 10.4 Å². The zero-order valence-electron chi connectivity index (χ0n) is 12.8. The molecule has 0 N–H and O–H groups in total. The molecule has 1 aliphatic carbocycles. The lowest BCUT2D eigenvalue weighted by molar-refractivity contribution is -0.921. The lowest BCUT2D eigenvalue weighted by Gasteiger charge is -2.43. The third-order valence-electron chi connectivity index (χ3n) is 4.93. The number of hydrogen-bond acceptors (Lipinski definition) is 4. The Kier molecular flexibility index (Phi) is 4.72. The molecule has 2 bridgehead atoms. The monoisotopic (exact) mass is 293 g/mol. The van der Waals surface area contributed by atoms with Crippen LogP contribution in [0.3, 0.4) is 0 Å². The molecule has 3 atom stereocenters. The molecule has 19 heavy (non-hydrogen) atoms. The van der Waals surface area contributed by atoms with Crippen molar-refractivity contribution < 1.29 is 21.6 Å². The fraction of sp³-hybridized carbons (Fsp3) is 1.00. The second kappa shape index (κ2) is 5.31. The molecule has 3 unspecified atom stereocenters. The largest absolute Gasteiger partial charge is 0.726 e. The summed E-state index contributed by atoms with van der Waals surface area (Å²) >= 11 is 0. The van der Waals surface area contributed by atoms with E-state index in [4.69, 9.17) is 0 Å². The van der Waals surface area contributed by atoms with Gasteiger partial charge in [0.05, 0.1) is 33.8 Å². The zero-order valence-corrected chi connectivity index (χ0v) is 13.7. The summed E-state index contributed by atoms with van der Waals surface area (Å²) in [4.78, 5) is 0. The van der Waals surface area contributed by atoms with Gasteiger partial charge in [-0.15, -0.1) is 0 Å². The summed E-state index contributed by atoms with van der Waals surface area (Å²) in [5.74, 6) is 1.91. The summed E-state index contributed by atoms with van der Waals surface area (Å²) in [5.41, 5.74) is 0.607. The summed E-state index contributed by atoms with van der Waals surface area (Å²) in [7, 11) is 1.23. The van der Waals surface area contributed by atoms with Crippen molar-refractivity contribution in [3.8, 4) is 0 Å². The molecule has 0 radical (unpaired) electrons. The molecule has 2 fully saturated rings. The maximum absolute atomic E-state index is 9.22. The van der Waals surface area contributed by atoms with Gasteiger partial charge in [0.25, 0.3) is 0 Å². The Labute approximate surface area is 117 Å². The van der Waals surface area contributed by atoms with Gasteiger partial charge in [-0.1, -0.05) is 20.8 Å². The van der Waals surface area contributed by atoms with Gasteiger partial charge in [0.2, 0.25) is 10.4 Å². The number of nitrogens with zero attached hydrogens (tertiary/aromatic N) is 1. The first-order valence-corrected chi connectivity index (χ1v) is 8.06. The Balaban J connectivity index is 0.000000258. The van der Waals surface area contributed by atoms with Crippen molar-refractivity contribution in [2.45, 2.75) is 39.7 Å². The van der Waals surface area contributed by atoms with Crippen LogP contribution in [0.25, 0.3) is 0 Å². The molecule has 2 rings (SSSR count). The fourth-order valence-corrected chi connectivity index (χ4v) is 4.01. The molecule has 1 aliphatic heterocycles. The molecular weight excluding hydrogens is 266 g/mol. The molecule has 6 heteroatoms. The number of rotatable bonds is 1.